The van der Waals surface area contributed by atoms with Crippen LogP contribution in [0.5, 0.6) is 0 Å². The normalized spacial score (nSPS) is 14.5. The summed E-state index contributed by atoms with van der Waals surface area (Å²) in [5.41, 5.74) is 1.37. The Labute approximate surface area is 194 Å². The maximum atomic E-state index is 13.0. The fraction of sp³-hybridized carbons (Fsp3) is 0.286. The molecule has 2 aromatic carbocycles. The Morgan fingerprint density at radius 2 is 1.75 bits per heavy atom. The van der Waals surface area contributed by atoms with Crippen molar-refractivity contribution in [3.8, 4) is 0 Å². The predicted molar refractivity (Wildman–Crippen MR) is 123 cm³/mol. The zero-order valence-corrected chi connectivity index (χ0v) is 19.5. The van der Waals surface area contributed by atoms with Gasteiger partial charge in [-0.05, 0) is 42.7 Å². The molecule has 0 atom stereocenters. The topological polar surface area (TPSA) is 92.3 Å². The average molecular weight is 493 g/mol. The minimum Gasteiger partial charge on any atom is -0.356 e. The lowest BCUT2D eigenvalue weighted by Gasteiger charge is -2.15. The van der Waals surface area contributed by atoms with Gasteiger partial charge in [0.2, 0.25) is 15.2 Å². The summed E-state index contributed by atoms with van der Waals surface area (Å²) in [7, 11) is -3.49. The Kier molecular flexibility index (Phi) is 7.19. The number of aromatic nitrogens is 2. The smallest absolute Gasteiger partial charge is 0.243 e. The van der Waals surface area contributed by atoms with Gasteiger partial charge in [-0.1, -0.05) is 47.4 Å². The number of Topliss-reactive ketones (excluding diaryl/α,β-unsaturated/α-hetero) is 1. The average Bonchev–Trinajstić information content (AvgIpc) is 3.50. The molecule has 4 rings (SSSR count). The number of anilines is 1. The first-order valence-corrected chi connectivity index (χ1v) is 13.2. The van der Waals surface area contributed by atoms with Crippen LogP contribution in [0.4, 0.5) is 9.52 Å². The van der Waals surface area contributed by atoms with Crippen LogP contribution < -0.4 is 5.32 Å². The Morgan fingerprint density at radius 3 is 2.44 bits per heavy atom. The minimum absolute atomic E-state index is 0.115. The number of ketones is 1. The van der Waals surface area contributed by atoms with E-state index in [1.807, 2.05) is 0 Å². The van der Waals surface area contributed by atoms with E-state index in [0.717, 1.165) is 18.4 Å². The standard InChI is InChI=1S/C21H21FN4O3S3/c22-17-7-3-15(4-8-17)13-23-20-24-25-21(31-20)30-14-19(27)16-5-9-18(10-6-16)32(28,29)26-11-1-2-12-26/h3-10H,1-2,11-14H2,(H,23,24). The Morgan fingerprint density at radius 1 is 1.06 bits per heavy atom. The number of nitrogens with one attached hydrogen (secondary N) is 1. The van der Waals surface area contributed by atoms with Crippen LogP contribution in [-0.2, 0) is 16.6 Å². The molecular weight excluding hydrogens is 471 g/mol. The summed E-state index contributed by atoms with van der Waals surface area (Å²) in [5, 5.41) is 11.9. The molecule has 3 aromatic rings. The fourth-order valence-electron chi connectivity index (χ4n) is 3.22. The van der Waals surface area contributed by atoms with E-state index in [4.69, 9.17) is 0 Å². The summed E-state index contributed by atoms with van der Waals surface area (Å²) in [5.74, 6) is -0.225. The van der Waals surface area contributed by atoms with Gasteiger partial charge in [-0.3, -0.25) is 4.79 Å². The molecule has 11 heteroatoms. The number of nitrogens with zero attached hydrogens (tertiary/aromatic N) is 3. The zero-order chi connectivity index (χ0) is 22.6. The van der Waals surface area contributed by atoms with Gasteiger partial charge in [0.25, 0.3) is 0 Å². The van der Waals surface area contributed by atoms with E-state index in [1.54, 1.807) is 24.3 Å². The van der Waals surface area contributed by atoms with Gasteiger partial charge in [-0.15, -0.1) is 10.2 Å². The lowest BCUT2D eigenvalue weighted by molar-refractivity contribution is 0.102. The molecule has 0 radical (unpaired) electrons. The van der Waals surface area contributed by atoms with E-state index in [1.165, 1.54) is 51.7 Å². The van der Waals surface area contributed by atoms with Crippen molar-refractivity contribution in [2.45, 2.75) is 28.6 Å². The van der Waals surface area contributed by atoms with Crippen LogP contribution in [0, 0.1) is 5.82 Å². The molecule has 7 nitrogen and oxygen atoms in total. The number of sulfonamides is 1. The van der Waals surface area contributed by atoms with Crippen LogP contribution >= 0.6 is 23.1 Å². The van der Waals surface area contributed by atoms with Gasteiger partial charge in [-0.2, -0.15) is 4.31 Å². The number of thioether (sulfide) groups is 1. The van der Waals surface area contributed by atoms with Gasteiger partial charge in [0.15, 0.2) is 10.1 Å². The lowest BCUT2D eigenvalue weighted by Crippen LogP contribution is -2.27. The van der Waals surface area contributed by atoms with Gasteiger partial charge in [-0.25, -0.2) is 12.8 Å². The predicted octanol–water partition coefficient (Wildman–Crippen LogP) is 4.05. The second kappa shape index (κ2) is 10.1. The summed E-state index contributed by atoms with van der Waals surface area (Å²) in [6.07, 6.45) is 1.75. The second-order valence-corrected chi connectivity index (χ2v) is 11.3. The molecule has 1 aliphatic rings. The summed E-state index contributed by atoms with van der Waals surface area (Å²) in [4.78, 5) is 12.7. The fourth-order valence-corrected chi connectivity index (χ4v) is 6.38. The molecule has 0 unspecified atom stereocenters. The molecule has 1 aliphatic heterocycles. The maximum Gasteiger partial charge on any atom is 0.243 e. The number of carbonyl (C=O) groups excluding carboxylic acids is 1. The molecule has 0 amide bonds. The summed E-state index contributed by atoms with van der Waals surface area (Å²) < 4.78 is 40.3. The Bertz CT molecular complexity index is 1180. The van der Waals surface area contributed by atoms with Crippen molar-refractivity contribution in [3.63, 3.8) is 0 Å². The maximum absolute atomic E-state index is 13.0. The highest BCUT2D eigenvalue weighted by atomic mass is 32.2. The van der Waals surface area contributed by atoms with E-state index in [2.05, 4.69) is 15.5 Å². The van der Waals surface area contributed by atoms with Gasteiger partial charge in [0.05, 0.1) is 10.6 Å². The van der Waals surface area contributed by atoms with Crippen LogP contribution in [-0.4, -0.2) is 47.5 Å². The number of halogens is 1. The van der Waals surface area contributed by atoms with Gasteiger partial charge in [0, 0.05) is 25.2 Å². The minimum atomic E-state index is -3.49. The molecule has 2 heterocycles. The van der Waals surface area contributed by atoms with E-state index in [-0.39, 0.29) is 22.2 Å². The van der Waals surface area contributed by atoms with Crippen LogP contribution in [0.15, 0.2) is 57.8 Å². The lowest BCUT2D eigenvalue weighted by atomic mass is 10.1. The third kappa shape index (κ3) is 5.52. The summed E-state index contributed by atoms with van der Waals surface area (Å²) in [6.45, 7) is 1.58. The van der Waals surface area contributed by atoms with Crippen LogP contribution in [0.2, 0.25) is 0 Å². The quantitative estimate of drug-likeness (QED) is 0.356. The molecule has 0 aliphatic carbocycles. The highest BCUT2D eigenvalue weighted by Gasteiger charge is 2.27. The molecule has 0 saturated carbocycles. The van der Waals surface area contributed by atoms with Crippen molar-refractivity contribution in [1.29, 1.82) is 0 Å². The van der Waals surface area contributed by atoms with Crippen molar-refractivity contribution in [2.24, 2.45) is 0 Å². The highest BCUT2D eigenvalue weighted by molar-refractivity contribution is 8.01. The van der Waals surface area contributed by atoms with Crippen molar-refractivity contribution in [3.05, 3.63) is 65.5 Å². The van der Waals surface area contributed by atoms with Gasteiger partial charge >= 0.3 is 0 Å². The molecular formula is C21H21FN4O3S3. The highest BCUT2D eigenvalue weighted by Crippen LogP contribution is 2.27. The number of carbonyl (C=O) groups is 1. The number of benzene rings is 2. The summed E-state index contributed by atoms with van der Waals surface area (Å²) in [6, 6.07) is 12.3. The van der Waals surface area contributed by atoms with E-state index >= 15 is 0 Å². The van der Waals surface area contributed by atoms with Gasteiger partial charge in [0.1, 0.15) is 5.82 Å². The molecule has 1 aromatic heterocycles. The van der Waals surface area contributed by atoms with Crippen LogP contribution in [0.3, 0.4) is 0 Å². The third-order valence-corrected chi connectivity index (χ3v) is 8.90. The molecule has 1 saturated heterocycles. The molecule has 0 bridgehead atoms. The zero-order valence-electron chi connectivity index (χ0n) is 17.0. The molecule has 1 N–H and O–H groups in total. The Hall–Kier alpha value is -2.34. The SMILES string of the molecule is O=C(CSc1nnc(NCc2ccc(F)cc2)s1)c1ccc(S(=O)(=O)N2CCCC2)cc1. The molecule has 0 spiro atoms. The van der Waals surface area contributed by atoms with Crippen LogP contribution in [0.1, 0.15) is 28.8 Å². The molecule has 168 valence electrons. The first-order chi connectivity index (χ1) is 15.4. The van der Waals surface area contributed by atoms with Gasteiger partial charge < -0.3 is 5.32 Å². The second-order valence-electron chi connectivity index (χ2n) is 7.20. The van der Waals surface area contributed by atoms with Crippen molar-refractivity contribution in [2.75, 3.05) is 24.2 Å². The van der Waals surface area contributed by atoms with E-state index in [9.17, 15) is 17.6 Å². The Balaban J connectivity index is 1.29. The number of hydrogen-bond acceptors (Lipinski definition) is 8. The van der Waals surface area contributed by atoms with E-state index < -0.39 is 10.0 Å². The number of hydrogen-bond donors (Lipinski definition) is 1. The largest absolute Gasteiger partial charge is 0.356 e. The molecule has 1 fully saturated rings. The van der Waals surface area contributed by atoms with Crippen molar-refractivity contribution in [1.82, 2.24) is 14.5 Å². The summed E-state index contributed by atoms with van der Waals surface area (Å²) >= 11 is 2.61. The third-order valence-electron chi connectivity index (χ3n) is 4.97. The number of rotatable bonds is 9. The first kappa shape index (κ1) is 22.8. The molecule has 32 heavy (non-hydrogen) atoms. The van der Waals surface area contributed by atoms with Crippen molar-refractivity contribution >= 4 is 44.0 Å². The van der Waals surface area contributed by atoms with Crippen LogP contribution in [0.25, 0.3) is 0 Å². The van der Waals surface area contributed by atoms with Crippen molar-refractivity contribution < 1.29 is 17.6 Å². The monoisotopic (exact) mass is 492 g/mol. The first-order valence-electron chi connectivity index (χ1n) is 10.00. The van der Waals surface area contributed by atoms with E-state index in [0.29, 0.717) is 34.7 Å².